The molecule has 0 atom stereocenters. The molecule has 0 radical (unpaired) electrons. The Balaban J connectivity index is 2.19. The molecule has 1 fully saturated rings. The molecular formula is C11H10N2O4. The lowest BCUT2D eigenvalue weighted by Gasteiger charge is -1.98. The first-order valence-corrected chi connectivity index (χ1v) is 5.28. The Kier molecular flexibility index (Phi) is 1.76. The summed E-state index contributed by atoms with van der Waals surface area (Å²) < 4.78 is 5.51. The van der Waals surface area contributed by atoms with Gasteiger partial charge in [-0.3, -0.25) is 10.1 Å². The molecule has 0 aliphatic heterocycles. The van der Waals surface area contributed by atoms with Gasteiger partial charge >= 0.3 is 5.69 Å². The van der Waals surface area contributed by atoms with E-state index in [-0.39, 0.29) is 16.9 Å². The van der Waals surface area contributed by atoms with Gasteiger partial charge in [0.1, 0.15) is 5.52 Å². The molecule has 1 aliphatic carbocycles. The van der Waals surface area contributed by atoms with Crippen molar-refractivity contribution in [3.8, 4) is 5.75 Å². The molecule has 3 rings (SSSR count). The maximum atomic E-state index is 10.7. The minimum absolute atomic E-state index is 0.0383. The highest BCUT2D eigenvalue weighted by molar-refractivity contribution is 5.79. The summed E-state index contributed by atoms with van der Waals surface area (Å²) in [5.74, 6) is 0.204. The number of aromatic nitrogens is 1. The zero-order chi connectivity index (χ0) is 12.2. The van der Waals surface area contributed by atoms with Crippen LogP contribution < -0.4 is 0 Å². The first kappa shape index (κ1) is 10.1. The highest BCUT2D eigenvalue weighted by Gasteiger charge is 2.44. The number of hydrogen-bond donors (Lipinski definition) is 1. The van der Waals surface area contributed by atoms with Crippen LogP contribution in [-0.4, -0.2) is 15.0 Å². The van der Waals surface area contributed by atoms with Crippen LogP contribution in [-0.2, 0) is 5.41 Å². The van der Waals surface area contributed by atoms with Crippen LogP contribution in [0.25, 0.3) is 11.1 Å². The molecule has 1 aromatic heterocycles. The first-order chi connectivity index (χ1) is 7.99. The monoisotopic (exact) mass is 234 g/mol. The third-order valence-electron chi connectivity index (χ3n) is 3.20. The lowest BCUT2D eigenvalue weighted by atomic mass is 10.1. The third kappa shape index (κ3) is 1.44. The van der Waals surface area contributed by atoms with Crippen molar-refractivity contribution in [2.24, 2.45) is 0 Å². The third-order valence-corrected chi connectivity index (χ3v) is 3.20. The number of benzene rings is 1. The quantitative estimate of drug-likeness (QED) is 0.636. The molecule has 0 spiro atoms. The van der Waals surface area contributed by atoms with Crippen LogP contribution in [0.1, 0.15) is 25.7 Å². The van der Waals surface area contributed by atoms with E-state index in [1.807, 2.05) is 6.92 Å². The van der Waals surface area contributed by atoms with Gasteiger partial charge in [-0.05, 0) is 12.8 Å². The standard InChI is InChI=1S/C11H10N2O4/c1-11(2-3-11)10-12-6-4-8(14)7(13(15)16)5-9(6)17-10/h4-5,14H,2-3H2,1H3. The van der Waals surface area contributed by atoms with Gasteiger partial charge in [0, 0.05) is 11.5 Å². The molecule has 6 nitrogen and oxygen atoms in total. The Bertz CT molecular complexity index is 628. The molecule has 6 heteroatoms. The number of nitrogens with zero attached hydrogens (tertiary/aromatic N) is 2. The molecule has 2 aromatic rings. The number of phenolic OH excluding ortho intramolecular Hbond substituents is 1. The molecule has 1 saturated carbocycles. The van der Waals surface area contributed by atoms with E-state index >= 15 is 0 Å². The van der Waals surface area contributed by atoms with Crippen molar-refractivity contribution in [2.45, 2.75) is 25.2 Å². The van der Waals surface area contributed by atoms with E-state index in [0.29, 0.717) is 17.0 Å². The fraction of sp³-hybridized carbons (Fsp3) is 0.364. The summed E-state index contributed by atoms with van der Waals surface area (Å²) in [5, 5.41) is 20.1. The summed E-state index contributed by atoms with van der Waals surface area (Å²) >= 11 is 0. The predicted octanol–water partition coefficient (Wildman–Crippen LogP) is 2.49. The largest absolute Gasteiger partial charge is 0.502 e. The van der Waals surface area contributed by atoms with Crippen molar-refractivity contribution in [2.75, 3.05) is 0 Å². The second-order valence-electron chi connectivity index (χ2n) is 4.65. The van der Waals surface area contributed by atoms with E-state index in [1.54, 1.807) is 0 Å². The zero-order valence-electron chi connectivity index (χ0n) is 9.14. The Labute approximate surface area is 96.0 Å². The second-order valence-corrected chi connectivity index (χ2v) is 4.65. The highest BCUT2D eigenvalue weighted by Crippen LogP contribution is 2.48. The second kappa shape index (κ2) is 2.97. The van der Waals surface area contributed by atoms with Crippen molar-refractivity contribution < 1.29 is 14.4 Å². The number of hydrogen-bond acceptors (Lipinski definition) is 5. The van der Waals surface area contributed by atoms with Gasteiger partial charge in [0.25, 0.3) is 0 Å². The molecule has 0 unspecified atom stereocenters. The van der Waals surface area contributed by atoms with E-state index in [2.05, 4.69) is 4.98 Å². The van der Waals surface area contributed by atoms with Gasteiger partial charge in [0.15, 0.2) is 11.3 Å². The molecule has 17 heavy (non-hydrogen) atoms. The van der Waals surface area contributed by atoms with Gasteiger partial charge in [0.2, 0.25) is 5.89 Å². The molecule has 0 amide bonds. The van der Waals surface area contributed by atoms with Crippen LogP contribution in [0.15, 0.2) is 16.5 Å². The van der Waals surface area contributed by atoms with Crippen molar-refractivity contribution in [1.29, 1.82) is 0 Å². The van der Waals surface area contributed by atoms with Gasteiger partial charge < -0.3 is 9.52 Å². The Morgan fingerprint density at radius 2 is 2.24 bits per heavy atom. The summed E-state index contributed by atoms with van der Waals surface area (Å²) in [5.41, 5.74) is 0.402. The Hall–Kier alpha value is -2.11. The van der Waals surface area contributed by atoms with Crippen LogP contribution in [0.2, 0.25) is 0 Å². The van der Waals surface area contributed by atoms with Crippen LogP contribution in [0.4, 0.5) is 5.69 Å². The van der Waals surface area contributed by atoms with Crippen LogP contribution >= 0.6 is 0 Å². The molecular weight excluding hydrogens is 224 g/mol. The summed E-state index contributed by atoms with van der Waals surface area (Å²) in [6.45, 7) is 2.03. The molecule has 1 aliphatic rings. The Morgan fingerprint density at radius 1 is 1.53 bits per heavy atom. The summed E-state index contributed by atoms with van der Waals surface area (Å²) in [6, 6.07) is 2.49. The summed E-state index contributed by atoms with van der Waals surface area (Å²) in [6.07, 6.45) is 2.02. The van der Waals surface area contributed by atoms with Gasteiger partial charge in [-0.25, -0.2) is 4.98 Å². The minimum Gasteiger partial charge on any atom is -0.502 e. The van der Waals surface area contributed by atoms with Gasteiger partial charge in [-0.2, -0.15) is 0 Å². The van der Waals surface area contributed by atoms with E-state index in [9.17, 15) is 15.2 Å². The average Bonchev–Trinajstić information content (AvgIpc) is 2.87. The zero-order valence-corrected chi connectivity index (χ0v) is 9.14. The fourth-order valence-electron chi connectivity index (χ4n) is 1.76. The number of nitro benzene ring substituents is 1. The van der Waals surface area contributed by atoms with Crippen molar-refractivity contribution in [3.63, 3.8) is 0 Å². The average molecular weight is 234 g/mol. The van der Waals surface area contributed by atoms with Crippen LogP contribution in [0.3, 0.4) is 0 Å². The maximum absolute atomic E-state index is 10.7. The van der Waals surface area contributed by atoms with E-state index in [4.69, 9.17) is 4.42 Å². The molecule has 0 bridgehead atoms. The number of rotatable bonds is 2. The maximum Gasteiger partial charge on any atom is 0.314 e. The number of oxazole rings is 1. The number of aromatic hydroxyl groups is 1. The minimum atomic E-state index is -0.643. The highest BCUT2D eigenvalue weighted by atomic mass is 16.6. The molecule has 1 aromatic carbocycles. The van der Waals surface area contributed by atoms with Crippen LogP contribution in [0, 0.1) is 10.1 Å². The molecule has 0 saturated heterocycles. The molecule has 1 heterocycles. The van der Waals surface area contributed by atoms with E-state index in [1.165, 1.54) is 12.1 Å². The van der Waals surface area contributed by atoms with Crippen molar-refractivity contribution >= 4 is 16.8 Å². The van der Waals surface area contributed by atoms with Crippen molar-refractivity contribution in [3.05, 3.63) is 28.1 Å². The van der Waals surface area contributed by atoms with E-state index in [0.717, 1.165) is 12.8 Å². The smallest absolute Gasteiger partial charge is 0.314 e. The lowest BCUT2D eigenvalue weighted by molar-refractivity contribution is -0.385. The lowest BCUT2D eigenvalue weighted by Crippen LogP contribution is -1.98. The summed E-state index contributed by atoms with van der Waals surface area (Å²) in [7, 11) is 0. The predicted molar refractivity (Wildman–Crippen MR) is 58.9 cm³/mol. The number of phenols is 1. The topological polar surface area (TPSA) is 89.4 Å². The fourth-order valence-corrected chi connectivity index (χ4v) is 1.76. The van der Waals surface area contributed by atoms with Crippen molar-refractivity contribution in [1.82, 2.24) is 4.98 Å². The van der Waals surface area contributed by atoms with Gasteiger partial charge in [-0.15, -0.1) is 0 Å². The SMILES string of the molecule is CC1(c2nc3cc(O)c([N+](=O)[O-])cc3o2)CC1. The van der Waals surface area contributed by atoms with Gasteiger partial charge in [-0.1, -0.05) is 6.92 Å². The van der Waals surface area contributed by atoms with Crippen LogP contribution in [0.5, 0.6) is 5.75 Å². The molecule has 88 valence electrons. The first-order valence-electron chi connectivity index (χ1n) is 5.28. The number of fused-ring (bicyclic) bond motifs is 1. The molecule has 1 N–H and O–H groups in total. The summed E-state index contributed by atoms with van der Waals surface area (Å²) in [4.78, 5) is 14.3. The van der Waals surface area contributed by atoms with E-state index < -0.39 is 4.92 Å². The normalized spacial score (nSPS) is 17.2. The number of nitro groups is 1. The Morgan fingerprint density at radius 3 is 2.82 bits per heavy atom. The van der Waals surface area contributed by atoms with Gasteiger partial charge in [0.05, 0.1) is 11.0 Å².